The maximum Gasteiger partial charge on any atom is 0.0666 e. The molecule has 0 spiro atoms. The molecule has 0 aromatic heterocycles. The fourth-order valence-corrected chi connectivity index (χ4v) is 10.6. The fourth-order valence-electron chi connectivity index (χ4n) is 10.6. The molecule has 0 bridgehead atoms. The minimum atomic E-state index is 0. The van der Waals surface area contributed by atoms with Gasteiger partial charge in [0.1, 0.15) is 0 Å². The van der Waals surface area contributed by atoms with E-state index in [0.29, 0.717) is 0 Å². The molecule has 0 amide bonds. The Hall–Kier alpha value is -2.61. The fraction of sp³-hybridized carbons (Fsp3) is 0.750. The van der Waals surface area contributed by atoms with Gasteiger partial charge in [-0.25, -0.2) is 0 Å². The summed E-state index contributed by atoms with van der Waals surface area (Å²) < 4.78 is 0. The monoisotopic (exact) mass is 1070 g/mol. The topological polar surface area (TPSA) is 24.7 Å². The van der Waals surface area contributed by atoms with E-state index in [0.717, 1.165) is 87.0 Å². The van der Waals surface area contributed by atoms with Crippen LogP contribution in [0.3, 0.4) is 0 Å². The molecule has 2 rings (SSSR count). The third kappa shape index (κ3) is 43.0. The second-order valence-electron chi connectivity index (χ2n) is 22.5. The molecule has 0 heterocycles. The zero-order valence-electron chi connectivity index (χ0n) is 50.2. The first-order valence-electron chi connectivity index (χ1n) is 33.0. The average molecular weight is 1070 g/mol. The summed E-state index contributed by atoms with van der Waals surface area (Å²) in [6.45, 7) is 9.12. The van der Waals surface area contributed by atoms with Crippen molar-refractivity contribution in [3.63, 3.8) is 0 Å². The van der Waals surface area contributed by atoms with Gasteiger partial charge >= 0.3 is 0 Å². The van der Waals surface area contributed by atoms with Crippen molar-refractivity contribution in [3.8, 4) is 23.7 Å². The van der Waals surface area contributed by atoms with Crippen LogP contribution in [0.4, 0.5) is 11.4 Å². The second kappa shape index (κ2) is 56.1. The molecule has 428 valence electrons. The first kappa shape index (κ1) is 70.4. The van der Waals surface area contributed by atoms with Crippen LogP contribution in [0.15, 0.2) is 58.5 Å². The molecule has 0 N–H and O–H groups in total. The minimum Gasteiger partial charge on any atom is -0.251 e. The molecule has 3 heteroatoms. The van der Waals surface area contributed by atoms with Crippen LogP contribution in [0.25, 0.3) is 0 Å². The standard InChI is InChI=1S/C72H120N2.Ni/c1-5-9-12-14-16-18-20-22-24-26-28-30-32-34-36-38-40-42-44-46-48-50-52-54-60-67-62-56-58-65-70(67)73-69(8-4)72(64-11-7-3)74-71-66-59-57-63-68(71)61-55-53-51-49-47-45-43-41-39-37-35-33-31-29-27-25-23-21-19-17-15-13-10-6-2;/h56-59,62-63,65-66H,5-49,54-55,60-61,64H2,1-4H3;/b73-69+,74-72-;. The van der Waals surface area contributed by atoms with Gasteiger partial charge in [-0.05, 0) is 68.2 Å². The molecule has 75 heavy (non-hydrogen) atoms. The molecule has 0 unspecified atom stereocenters. The number of nitrogens with zero attached hydrogens (tertiary/aromatic N) is 2. The smallest absolute Gasteiger partial charge is 0.0666 e. The summed E-state index contributed by atoms with van der Waals surface area (Å²) in [5.74, 6) is 14.0. The maximum atomic E-state index is 5.38. The summed E-state index contributed by atoms with van der Waals surface area (Å²) in [5, 5.41) is 0. The third-order valence-electron chi connectivity index (χ3n) is 15.5. The van der Waals surface area contributed by atoms with Crippen LogP contribution >= 0.6 is 0 Å². The van der Waals surface area contributed by atoms with Crippen LogP contribution in [0, 0.1) is 23.7 Å². The first-order valence-corrected chi connectivity index (χ1v) is 33.0. The number of unbranched alkanes of at least 4 members (excludes halogenated alkanes) is 41. The summed E-state index contributed by atoms with van der Waals surface area (Å²) in [7, 11) is 0. The van der Waals surface area contributed by atoms with Gasteiger partial charge in [0, 0.05) is 42.2 Å². The summed E-state index contributed by atoms with van der Waals surface area (Å²) in [4.78, 5) is 10.7. The predicted molar refractivity (Wildman–Crippen MR) is 334 cm³/mol. The van der Waals surface area contributed by atoms with Crippen molar-refractivity contribution >= 4 is 22.8 Å². The van der Waals surface area contributed by atoms with Crippen molar-refractivity contribution in [1.82, 2.24) is 0 Å². The second-order valence-corrected chi connectivity index (χ2v) is 22.5. The largest absolute Gasteiger partial charge is 0.251 e. The van der Waals surface area contributed by atoms with E-state index in [1.165, 1.54) is 268 Å². The summed E-state index contributed by atoms with van der Waals surface area (Å²) in [5.41, 5.74) is 6.99. The number of hydrogen-bond donors (Lipinski definition) is 0. The van der Waals surface area contributed by atoms with Gasteiger partial charge in [-0.2, -0.15) is 0 Å². The normalized spacial score (nSPS) is 11.6. The van der Waals surface area contributed by atoms with Crippen LogP contribution in [-0.2, 0) is 29.3 Å². The van der Waals surface area contributed by atoms with Crippen molar-refractivity contribution in [3.05, 3.63) is 59.7 Å². The molecule has 0 saturated carbocycles. The number of aryl methyl sites for hydroxylation is 2. The molecule has 2 aromatic carbocycles. The number of para-hydroxylation sites is 2. The summed E-state index contributed by atoms with van der Waals surface area (Å²) >= 11 is 0. The molecule has 2 nitrogen and oxygen atoms in total. The van der Waals surface area contributed by atoms with Gasteiger partial charge in [0.25, 0.3) is 0 Å². The van der Waals surface area contributed by atoms with E-state index in [1.54, 1.807) is 0 Å². The zero-order valence-corrected chi connectivity index (χ0v) is 51.2. The van der Waals surface area contributed by atoms with Crippen LogP contribution in [0.1, 0.15) is 347 Å². The van der Waals surface area contributed by atoms with Gasteiger partial charge in [-0.15, -0.1) is 23.7 Å². The third-order valence-corrected chi connectivity index (χ3v) is 15.5. The molecule has 0 atom stereocenters. The molecule has 0 radical (unpaired) electrons. The SMILES string of the molecule is CCCCCCCCCCCCCCCCCCCCCCC#CCCc1ccccc1/N=C(CCCC)\C(CC)=N\c1ccccc1CCC#CCCCCCCCCCCCCCCCCCCCCCC.[Ni]. The van der Waals surface area contributed by atoms with Gasteiger partial charge in [0.05, 0.1) is 22.8 Å². The predicted octanol–water partition coefficient (Wildman–Crippen LogP) is 24.4. The summed E-state index contributed by atoms with van der Waals surface area (Å²) in [6, 6.07) is 17.4. The Kier molecular flexibility index (Phi) is 52.7. The molecular formula is C72H120N2Ni. The quantitative estimate of drug-likeness (QED) is 0.0273. The van der Waals surface area contributed by atoms with E-state index in [9.17, 15) is 0 Å². The van der Waals surface area contributed by atoms with E-state index >= 15 is 0 Å². The Morgan fingerprint density at radius 2 is 0.547 bits per heavy atom. The van der Waals surface area contributed by atoms with Gasteiger partial charge in [0.15, 0.2) is 0 Å². The van der Waals surface area contributed by atoms with Crippen molar-refractivity contribution in [1.29, 1.82) is 0 Å². The molecule has 0 aliphatic rings. The Labute approximate surface area is 478 Å². The van der Waals surface area contributed by atoms with E-state index in [2.05, 4.69) is 99.9 Å². The molecule has 0 saturated heterocycles. The molecule has 0 aliphatic heterocycles. The van der Waals surface area contributed by atoms with E-state index in [-0.39, 0.29) is 16.5 Å². The Balaban J connectivity index is 0.0000281. The van der Waals surface area contributed by atoms with E-state index in [4.69, 9.17) is 9.98 Å². The number of benzene rings is 2. The Morgan fingerprint density at radius 3 is 0.840 bits per heavy atom. The van der Waals surface area contributed by atoms with Gasteiger partial charge in [-0.3, -0.25) is 9.98 Å². The van der Waals surface area contributed by atoms with Crippen LogP contribution < -0.4 is 0 Å². The van der Waals surface area contributed by atoms with Gasteiger partial charge in [0.2, 0.25) is 0 Å². The molecule has 2 aromatic rings. The van der Waals surface area contributed by atoms with Crippen LogP contribution in [-0.4, -0.2) is 11.4 Å². The van der Waals surface area contributed by atoms with Crippen molar-refractivity contribution in [2.24, 2.45) is 9.98 Å². The van der Waals surface area contributed by atoms with Gasteiger partial charge < -0.3 is 0 Å². The Morgan fingerprint density at radius 1 is 0.293 bits per heavy atom. The first-order chi connectivity index (χ1) is 36.7. The Bertz CT molecular complexity index is 1730. The van der Waals surface area contributed by atoms with Gasteiger partial charge in [-0.1, -0.05) is 315 Å². The van der Waals surface area contributed by atoms with Crippen LogP contribution in [0.5, 0.6) is 0 Å². The maximum absolute atomic E-state index is 5.38. The van der Waals surface area contributed by atoms with Crippen LogP contribution in [0.2, 0.25) is 0 Å². The zero-order chi connectivity index (χ0) is 52.7. The van der Waals surface area contributed by atoms with Crippen molar-refractivity contribution < 1.29 is 16.5 Å². The van der Waals surface area contributed by atoms with Crippen molar-refractivity contribution in [2.45, 2.75) is 349 Å². The number of hydrogen-bond acceptors (Lipinski definition) is 2. The molecule has 0 fully saturated rings. The number of rotatable bonds is 51. The van der Waals surface area contributed by atoms with Crippen molar-refractivity contribution in [2.75, 3.05) is 0 Å². The van der Waals surface area contributed by atoms with E-state index < -0.39 is 0 Å². The van der Waals surface area contributed by atoms with E-state index in [1.807, 2.05) is 0 Å². The molecular weight excluding hydrogens is 951 g/mol. The number of aliphatic imine (C=N–C) groups is 2. The average Bonchev–Trinajstić information content (AvgIpc) is 3.42. The minimum absolute atomic E-state index is 0. The molecule has 0 aliphatic carbocycles. The summed E-state index contributed by atoms with van der Waals surface area (Å²) in [6.07, 6.45) is 66.7.